The minimum atomic E-state index is -0.322. The highest BCUT2D eigenvalue weighted by molar-refractivity contribution is 5.60. The predicted octanol–water partition coefficient (Wildman–Crippen LogP) is 4.12. The lowest BCUT2D eigenvalue weighted by atomic mass is 9.96. The van der Waals surface area contributed by atoms with Crippen LogP contribution in [0.15, 0.2) is 53.6 Å². The van der Waals surface area contributed by atoms with Crippen LogP contribution in [0.3, 0.4) is 0 Å². The van der Waals surface area contributed by atoms with Crippen LogP contribution < -0.4 is 10.4 Å². The van der Waals surface area contributed by atoms with Crippen LogP contribution in [0.5, 0.6) is 11.5 Å². The molecule has 0 saturated heterocycles. The second-order valence-electron chi connectivity index (χ2n) is 8.36. The lowest BCUT2D eigenvalue weighted by Crippen LogP contribution is -2.17. The van der Waals surface area contributed by atoms with Crippen molar-refractivity contribution in [2.24, 2.45) is 0 Å². The number of ether oxygens (including phenoxy) is 1. The minimum Gasteiger partial charge on any atom is -0.455 e. The SMILES string of the molecule is Cc1cc(-c2cc(Oc3ccc(-n4nc(C(C)(C)C)[nH]c4=O)nc3C)ccn2)ccn1. The largest absolute Gasteiger partial charge is 0.455 e. The van der Waals surface area contributed by atoms with Crippen molar-refractivity contribution in [3.8, 4) is 28.6 Å². The summed E-state index contributed by atoms with van der Waals surface area (Å²) in [6.45, 7) is 9.73. The van der Waals surface area contributed by atoms with Gasteiger partial charge in [0.25, 0.3) is 0 Å². The molecule has 31 heavy (non-hydrogen) atoms. The molecule has 0 aliphatic heterocycles. The fraction of sp³-hybridized carbons (Fsp3) is 0.261. The number of rotatable bonds is 4. The van der Waals surface area contributed by atoms with Crippen LogP contribution in [-0.2, 0) is 5.41 Å². The van der Waals surface area contributed by atoms with Gasteiger partial charge in [-0.05, 0) is 44.2 Å². The fourth-order valence-corrected chi connectivity index (χ4v) is 3.04. The van der Waals surface area contributed by atoms with Gasteiger partial charge in [0.1, 0.15) is 17.3 Å². The maximum atomic E-state index is 12.3. The van der Waals surface area contributed by atoms with Crippen molar-refractivity contribution in [1.82, 2.24) is 29.7 Å². The lowest BCUT2D eigenvalue weighted by Gasteiger charge is -2.13. The van der Waals surface area contributed by atoms with E-state index in [2.05, 4.69) is 25.0 Å². The molecule has 0 spiro atoms. The number of nitrogens with one attached hydrogen (secondary N) is 1. The Morgan fingerprint density at radius 1 is 1.00 bits per heavy atom. The van der Waals surface area contributed by atoms with Crippen molar-refractivity contribution in [1.29, 1.82) is 0 Å². The first-order chi connectivity index (χ1) is 14.7. The molecule has 0 bridgehead atoms. The summed E-state index contributed by atoms with van der Waals surface area (Å²) in [5.74, 6) is 2.27. The third kappa shape index (κ3) is 4.37. The van der Waals surface area contributed by atoms with Crippen LogP contribution >= 0.6 is 0 Å². The molecule has 0 aromatic carbocycles. The Balaban J connectivity index is 1.61. The Bertz CT molecular complexity index is 1300. The van der Waals surface area contributed by atoms with E-state index in [1.807, 2.05) is 52.8 Å². The van der Waals surface area contributed by atoms with Crippen LogP contribution in [0.4, 0.5) is 0 Å². The molecule has 0 fully saturated rings. The van der Waals surface area contributed by atoms with Gasteiger partial charge in [-0.15, -0.1) is 5.10 Å². The number of nitrogens with zero attached hydrogens (tertiary/aromatic N) is 5. The smallest absolute Gasteiger partial charge is 0.349 e. The number of aromatic nitrogens is 6. The summed E-state index contributed by atoms with van der Waals surface area (Å²) in [6, 6.07) is 11.0. The normalized spacial score (nSPS) is 11.5. The van der Waals surface area contributed by atoms with Gasteiger partial charge in [0, 0.05) is 35.1 Å². The molecule has 158 valence electrons. The van der Waals surface area contributed by atoms with Crippen LogP contribution in [0, 0.1) is 13.8 Å². The molecule has 4 aromatic heterocycles. The highest BCUT2D eigenvalue weighted by Gasteiger charge is 2.21. The first kappa shape index (κ1) is 20.5. The first-order valence-corrected chi connectivity index (χ1v) is 9.95. The first-order valence-electron chi connectivity index (χ1n) is 9.95. The van der Waals surface area contributed by atoms with E-state index in [1.165, 1.54) is 4.68 Å². The van der Waals surface area contributed by atoms with E-state index in [4.69, 9.17) is 4.74 Å². The average Bonchev–Trinajstić information content (AvgIpc) is 3.12. The second kappa shape index (κ2) is 7.79. The van der Waals surface area contributed by atoms with E-state index in [0.29, 0.717) is 28.8 Å². The zero-order valence-corrected chi connectivity index (χ0v) is 18.2. The van der Waals surface area contributed by atoms with Crippen molar-refractivity contribution in [2.75, 3.05) is 0 Å². The van der Waals surface area contributed by atoms with Gasteiger partial charge in [-0.25, -0.2) is 9.78 Å². The molecule has 8 heteroatoms. The Morgan fingerprint density at radius 2 is 1.77 bits per heavy atom. The van der Waals surface area contributed by atoms with Gasteiger partial charge in [-0.1, -0.05) is 20.8 Å². The van der Waals surface area contributed by atoms with E-state index in [-0.39, 0.29) is 11.1 Å². The molecule has 4 heterocycles. The molecule has 0 saturated carbocycles. The van der Waals surface area contributed by atoms with Gasteiger partial charge in [0.2, 0.25) is 0 Å². The molecular weight excluding hydrogens is 392 g/mol. The van der Waals surface area contributed by atoms with Crippen LogP contribution in [-0.4, -0.2) is 29.7 Å². The predicted molar refractivity (Wildman–Crippen MR) is 118 cm³/mol. The van der Waals surface area contributed by atoms with Gasteiger partial charge in [-0.3, -0.25) is 15.0 Å². The molecule has 0 unspecified atom stereocenters. The number of hydrogen-bond donors (Lipinski definition) is 1. The van der Waals surface area contributed by atoms with Crippen LogP contribution in [0.1, 0.15) is 38.0 Å². The molecular formula is C23H24N6O2. The number of aryl methyl sites for hydroxylation is 2. The number of hydrogen-bond acceptors (Lipinski definition) is 6. The standard InChI is InChI=1S/C23H24N6O2/c1-14-12-16(8-10-24-14)18-13-17(9-11-25-18)31-19-6-7-20(26-15(19)2)29-22(30)27-21(28-29)23(3,4)5/h6-13H,1-5H3,(H,27,28,30). The molecule has 0 aliphatic carbocycles. The lowest BCUT2D eigenvalue weighted by molar-refractivity contribution is 0.474. The molecule has 0 aliphatic rings. The summed E-state index contributed by atoms with van der Waals surface area (Å²) >= 11 is 0. The molecule has 0 atom stereocenters. The van der Waals surface area contributed by atoms with Crippen molar-refractivity contribution in [2.45, 2.75) is 40.0 Å². The zero-order chi connectivity index (χ0) is 22.2. The van der Waals surface area contributed by atoms with Crippen molar-refractivity contribution in [3.63, 3.8) is 0 Å². The summed E-state index contributed by atoms with van der Waals surface area (Å²) < 4.78 is 7.32. The highest BCUT2D eigenvalue weighted by atomic mass is 16.5. The maximum absolute atomic E-state index is 12.3. The topological polar surface area (TPSA) is 98.6 Å². The molecule has 0 amide bonds. The van der Waals surface area contributed by atoms with Gasteiger partial charge in [0.05, 0.1) is 11.4 Å². The van der Waals surface area contributed by atoms with Gasteiger partial charge in [0.15, 0.2) is 5.82 Å². The summed E-state index contributed by atoms with van der Waals surface area (Å²) in [5.41, 5.74) is 2.73. The van der Waals surface area contributed by atoms with Crippen molar-refractivity contribution in [3.05, 3.63) is 76.5 Å². The molecule has 4 aromatic rings. The Hall–Kier alpha value is -3.81. The molecule has 0 radical (unpaired) electrons. The molecule has 1 N–H and O–H groups in total. The highest BCUT2D eigenvalue weighted by Crippen LogP contribution is 2.28. The second-order valence-corrected chi connectivity index (χ2v) is 8.36. The van der Waals surface area contributed by atoms with Crippen LogP contribution in [0.25, 0.3) is 17.1 Å². The number of pyridine rings is 3. The van der Waals surface area contributed by atoms with Gasteiger partial charge in [-0.2, -0.15) is 4.68 Å². The summed E-state index contributed by atoms with van der Waals surface area (Å²) in [5, 5.41) is 4.39. The average molecular weight is 416 g/mol. The van der Waals surface area contributed by atoms with Crippen LogP contribution in [0.2, 0.25) is 0 Å². The Kier molecular flexibility index (Phi) is 5.14. The third-order valence-corrected chi connectivity index (χ3v) is 4.72. The van der Waals surface area contributed by atoms with Crippen molar-refractivity contribution >= 4 is 0 Å². The maximum Gasteiger partial charge on any atom is 0.349 e. The molecule has 8 nitrogen and oxygen atoms in total. The summed E-state index contributed by atoms with van der Waals surface area (Å²) in [7, 11) is 0. The summed E-state index contributed by atoms with van der Waals surface area (Å²) in [4.78, 5) is 28.3. The van der Waals surface area contributed by atoms with Gasteiger partial charge < -0.3 is 4.74 Å². The van der Waals surface area contributed by atoms with E-state index in [1.54, 1.807) is 30.6 Å². The number of aromatic amines is 1. The van der Waals surface area contributed by atoms with Crippen molar-refractivity contribution < 1.29 is 4.74 Å². The fourth-order valence-electron chi connectivity index (χ4n) is 3.04. The minimum absolute atomic E-state index is 0.269. The monoisotopic (exact) mass is 416 g/mol. The van der Waals surface area contributed by atoms with E-state index >= 15 is 0 Å². The Morgan fingerprint density at radius 3 is 2.45 bits per heavy atom. The van der Waals surface area contributed by atoms with E-state index in [9.17, 15) is 4.79 Å². The quantitative estimate of drug-likeness (QED) is 0.537. The van der Waals surface area contributed by atoms with E-state index < -0.39 is 0 Å². The van der Waals surface area contributed by atoms with E-state index in [0.717, 1.165) is 17.0 Å². The number of H-pyrrole nitrogens is 1. The Labute approximate surface area is 180 Å². The third-order valence-electron chi connectivity index (χ3n) is 4.72. The van der Waals surface area contributed by atoms with Gasteiger partial charge >= 0.3 is 5.69 Å². The summed E-state index contributed by atoms with van der Waals surface area (Å²) in [6.07, 6.45) is 3.46. The molecule has 4 rings (SSSR count). The zero-order valence-electron chi connectivity index (χ0n) is 18.2.